The highest BCUT2D eigenvalue weighted by atomic mass is 32.2. The Bertz CT molecular complexity index is 569. The lowest BCUT2D eigenvalue weighted by Gasteiger charge is -2.26. The number of hydrogen-bond donors (Lipinski definition) is 1. The summed E-state index contributed by atoms with van der Waals surface area (Å²) in [5.74, 6) is 0.694. The average molecular weight is 315 g/mol. The molecule has 0 bridgehead atoms. The molecule has 1 aromatic carbocycles. The quantitative estimate of drug-likeness (QED) is 0.838. The second-order valence-electron chi connectivity index (χ2n) is 5.64. The monoisotopic (exact) mass is 315 g/mol. The van der Waals surface area contributed by atoms with Gasteiger partial charge in [-0.25, -0.2) is 8.42 Å². The lowest BCUT2D eigenvalue weighted by Crippen LogP contribution is -2.36. The van der Waals surface area contributed by atoms with E-state index < -0.39 is 10.0 Å². The summed E-state index contributed by atoms with van der Waals surface area (Å²) in [7, 11) is -0.650. The normalized spacial score (nSPS) is 13.7. The molecule has 1 rings (SSSR count). The van der Waals surface area contributed by atoms with Crippen molar-refractivity contribution in [1.82, 2.24) is 4.31 Å². The molecule has 0 heterocycles. The Morgan fingerprint density at radius 3 is 2.38 bits per heavy atom. The molecule has 0 radical (unpaired) electrons. The molecule has 0 saturated heterocycles. The van der Waals surface area contributed by atoms with Crippen LogP contribution in [-0.4, -0.2) is 38.0 Å². The van der Waals surface area contributed by atoms with E-state index in [2.05, 4.69) is 13.8 Å². The average Bonchev–Trinajstić information content (AvgIpc) is 2.44. The number of nitrogens with zero attached hydrogens (tertiary/aromatic N) is 1. The first-order valence-electron chi connectivity index (χ1n) is 6.99. The van der Waals surface area contributed by atoms with Gasteiger partial charge in [-0.05, 0) is 37.0 Å². The Kier molecular flexibility index (Phi) is 6.19. The van der Waals surface area contributed by atoms with Gasteiger partial charge in [-0.1, -0.05) is 19.9 Å². The molecule has 1 unspecified atom stereocenters. The molecule has 5 nitrogen and oxygen atoms in total. The lowest BCUT2D eigenvalue weighted by atomic mass is 10.1. The molecule has 1 atom stereocenters. The maximum atomic E-state index is 12.8. The van der Waals surface area contributed by atoms with Crippen molar-refractivity contribution < 1.29 is 18.3 Å². The topological polar surface area (TPSA) is 66.8 Å². The van der Waals surface area contributed by atoms with Crippen LogP contribution in [0.2, 0.25) is 0 Å². The second-order valence-corrected chi connectivity index (χ2v) is 7.61. The van der Waals surface area contributed by atoms with Gasteiger partial charge in [0.25, 0.3) is 0 Å². The van der Waals surface area contributed by atoms with E-state index in [1.54, 1.807) is 19.2 Å². The number of methoxy groups -OCH3 is 1. The molecule has 120 valence electrons. The fraction of sp³-hybridized carbons (Fsp3) is 0.600. The van der Waals surface area contributed by atoms with E-state index in [9.17, 15) is 13.5 Å². The highest BCUT2D eigenvalue weighted by Crippen LogP contribution is 2.29. The van der Waals surface area contributed by atoms with E-state index in [-0.39, 0.29) is 23.3 Å². The summed E-state index contributed by atoms with van der Waals surface area (Å²) in [6, 6.07) is 4.57. The molecular formula is C15H25NO4S. The molecular weight excluding hydrogens is 290 g/mol. The van der Waals surface area contributed by atoms with Gasteiger partial charge >= 0.3 is 0 Å². The zero-order valence-corrected chi connectivity index (χ0v) is 14.1. The van der Waals surface area contributed by atoms with Crippen LogP contribution in [0.25, 0.3) is 0 Å². The number of aliphatic hydroxyl groups excluding tert-OH is 1. The van der Waals surface area contributed by atoms with Crippen LogP contribution in [0.15, 0.2) is 23.1 Å². The first kappa shape index (κ1) is 17.9. The molecule has 0 aromatic heterocycles. The molecule has 21 heavy (non-hydrogen) atoms. The minimum absolute atomic E-state index is 0.0923. The van der Waals surface area contributed by atoms with Crippen LogP contribution < -0.4 is 4.74 Å². The predicted octanol–water partition coefficient (Wildman–Crippen LogP) is 2.24. The molecule has 0 fully saturated rings. The van der Waals surface area contributed by atoms with Crippen molar-refractivity contribution in [3.63, 3.8) is 0 Å². The summed E-state index contributed by atoms with van der Waals surface area (Å²) in [6.07, 6.45) is 0.776. The number of hydrogen-bond acceptors (Lipinski definition) is 4. The lowest BCUT2D eigenvalue weighted by molar-refractivity contribution is 0.281. The third-order valence-electron chi connectivity index (χ3n) is 3.50. The highest BCUT2D eigenvalue weighted by Gasteiger charge is 2.28. The number of aliphatic hydroxyl groups is 1. The van der Waals surface area contributed by atoms with Crippen LogP contribution >= 0.6 is 0 Å². The smallest absolute Gasteiger partial charge is 0.246 e. The largest absolute Gasteiger partial charge is 0.495 e. The van der Waals surface area contributed by atoms with Crippen molar-refractivity contribution in [2.24, 2.45) is 5.92 Å². The summed E-state index contributed by atoms with van der Waals surface area (Å²) >= 11 is 0. The van der Waals surface area contributed by atoms with Crippen molar-refractivity contribution in [3.8, 4) is 5.75 Å². The first-order valence-corrected chi connectivity index (χ1v) is 8.43. The van der Waals surface area contributed by atoms with Crippen LogP contribution in [0.1, 0.15) is 32.8 Å². The zero-order valence-electron chi connectivity index (χ0n) is 13.3. The summed E-state index contributed by atoms with van der Waals surface area (Å²) in [5.41, 5.74) is 0.541. The highest BCUT2D eigenvalue weighted by molar-refractivity contribution is 7.89. The Hall–Kier alpha value is -1.11. The van der Waals surface area contributed by atoms with Crippen molar-refractivity contribution in [2.75, 3.05) is 14.2 Å². The molecule has 0 saturated carbocycles. The van der Waals surface area contributed by atoms with Crippen molar-refractivity contribution in [3.05, 3.63) is 23.8 Å². The Labute approximate surface area is 127 Å². The molecule has 1 aromatic rings. The number of benzene rings is 1. The van der Waals surface area contributed by atoms with Crippen LogP contribution in [0.3, 0.4) is 0 Å². The molecule has 0 amide bonds. The van der Waals surface area contributed by atoms with Gasteiger partial charge in [0, 0.05) is 13.1 Å². The van der Waals surface area contributed by atoms with E-state index in [0.717, 1.165) is 6.42 Å². The first-order chi connectivity index (χ1) is 9.73. The third-order valence-corrected chi connectivity index (χ3v) is 5.49. The predicted molar refractivity (Wildman–Crippen MR) is 82.8 cm³/mol. The molecule has 0 spiro atoms. The van der Waals surface area contributed by atoms with E-state index in [0.29, 0.717) is 11.5 Å². The van der Waals surface area contributed by atoms with Crippen LogP contribution in [-0.2, 0) is 16.6 Å². The minimum atomic E-state index is -3.66. The van der Waals surface area contributed by atoms with E-state index >= 15 is 0 Å². The van der Waals surface area contributed by atoms with Gasteiger partial charge in [-0.3, -0.25) is 0 Å². The van der Waals surface area contributed by atoms with Crippen LogP contribution in [0, 0.1) is 5.92 Å². The Balaban J connectivity index is 3.23. The van der Waals surface area contributed by atoms with Gasteiger partial charge < -0.3 is 9.84 Å². The van der Waals surface area contributed by atoms with Crippen molar-refractivity contribution >= 4 is 10.0 Å². The van der Waals surface area contributed by atoms with E-state index in [1.165, 1.54) is 17.5 Å². The fourth-order valence-corrected chi connectivity index (χ4v) is 3.82. The van der Waals surface area contributed by atoms with Gasteiger partial charge in [0.2, 0.25) is 10.0 Å². The summed E-state index contributed by atoms with van der Waals surface area (Å²) in [5, 5.41) is 9.21. The molecule has 6 heteroatoms. The zero-order chi connectivity index (χ0) is 16.2. The van der Waals surface area contributed by atoms with Crippen molar-refractivity contribution in [2.45, 2.75) is 44.7 Å². The maximum absolute atomic E-state index is 12.8. The maximum Gasteiger partial charge on any atom is 0.246 e. The fourth-order valence-electron chi connectivity index (χ4n) is 2.24. The molecule has 0 aliphatic rings. The SMILES string of the molecule is COc1ccc(CO)cc1S(=O)(=O)N(C)C(C)CC(C)C. The van der Waals surface area contributed by atoms with E-state index in [4.69, 9.17) is 4.74 Å². The van der Waals surface area contributed by atoms with Crippen molar-refractivity contribution in [1.29, 1.82) is 0 Å². The molecule has 1 N–H and O–H groups in total. The van der Waals surface area contributed by atoms with Gasteiger partial charge in [-0.2, -0.15) is 4.31 Å². The molecule has 0 aliphatic heterocycles. The van der Waals surface area contributed by atoms with Crippen LogP contribution in [0.5, 0.6) is 5.75 Å². The Morgan fingerprint density at radius 2 is 1.90 bits per heavy atom. The standard InChI is InChI=1S/C15H25NO4S/c1-11(2)8-12(3)16(4)21(18,19)15-9-13(10-17)6-7-14(15)20-5/h6-7,9,11-12,17H,8,10H2,1-5H3. The summed E-state index contributed by atoms with van der Waals surface area (Å²) in [6.45, 7) is 5.80. The Morgan fingerprint density at radius 1 is 1.29 bits per heavy atom. The number of rotatable bonds is 7. The summed E-state index contributed by atoms with van der Waals surface area (Å²) in [4.78, 5) is 0.0923. The third kappa shape index (κ3) is 4.18. The van der Waals surface area contributed by atoms with Gasteiger partial charge in [-0.15, -0.1) is 0 Å². The van der Waals surface area contributed by atoms with Gasteiger partial charge in [0.15, 0.2) is 0 Å². The second kappa shape index (κ2) is 7.24. The van der Waals surface area contributed by atoms with Crippen LogP contribution in [0.4, 0.5) is 0 Å². The minimum Gasteiger partial charge on any atom is -0.495 e. The van der Waals surface area contributed by atoms with E-state index in [1.807, 2.05) is 6.92 Å². The molecule has 0 aliphatic carbocycles. The van der Waals surface area contributed by atoms with Gasteiger partial charge in [0.05, 0.1) is 13.7 Å². The summed E-state index contributed by atoms with van der Waals surface area (Å²) < 4.78 is 32.1. The number of sulfonamides is 1. The van der Waals surface area contributed by atoms with Gasteiger partial charge in [0.1, 0.15) is 10.6 Å². The number of ether oxygens (including phenoxy) is 1.